The van der Waals surface area contributed by atoms with E-state index >= 15 is 0 Å². The molecule has 1 aliphatic heterocycles. The largest absolute Gasteiger partial charge is 0.480 e. The van der Waals surface area contributed by atoms with Crippen LogP contribution in [-0.4, -0.2) is 81.1 Å². The first-order valence-corrected chi connectivity index (χ1v) is 10.8. The molecule has 4 unspecified atom stereocenters. The van der Waals surface area contributed by atoms with Gasteiger partial charge in [0.1, 0.15) is 18.1 Å². The quantitative estimate of drug-likeness (QED) is 0.281. The number of nitrogens with two attached hydrogens (primary N) is 1. The van der Waals surface area contributed by atoms with Crippen molar-refractivity contribution in [2.45, 2.75) is 50.4 Å². The van der Waals surface area contributed by atoms with Crippen LogP contribution in [0.5, 0.6) is 0 Å². The lowest BCUT2D eigenvalue weighted by molar-refractivity contribution is -0.150. The Kier molecular flexibility index (Phi) is 7.67. The fourth-order valence-electron chi connectivity index (χ4n) is 4.09. The standard InChI is InChI=1S/C22H29N5O6/c1-12(28)19(21(31)27-8-4-7-17(27)22(32)33)26-20(30)16(25-18(29)10-23)9-13-11-24-15-6-3-2-5-14(13)15/h2-3,5-6,11-12,16-17,19,24,28H,4,7-10,23H2,1H3,(H,25,29)(H,26,30)(H,32,33). The molecule has 1 fully saturated rings. The normalized spacial score (nSPS) is 18.5. The van der Waals surface area contributed by atoms with E-state index in [2.05, 4.69) is 15.6 Å². The minimum atomic E-state index is -1.36. The van der Waals surface area contributed by atoms with E-state index < -0.39 is 47.9 Å². The molecule has 7 N–H and O–H groups in total. The zero-order valence-electron chi connectivity index (χ0n) is 18.3. The van der Waals surface area contributed by atoms with Crippen molar-refractivity contribution in [2.24, 2.45) is 5.73 Å². The molecular formula is C22H29N5O6. The van der Waals surface area contributed by atoms with Gasteiger partial charge in [-0.05, 0) is 31.4 Å². The number of aromatic nitrogens is 1. The van der Waals surface area contributed by atoms with Gasteiger partial charge in [0.15, 0.2) is 0 Å². The van der Waals surface area contributed by atoms with Crippen molar-refractivity contribution in [1.29, 1.82) is 0 Å². The summed E-state index contributed by atoms with van der Waals surface area (Å²) in [7, 11) is 0. The van der Waals surface area contributed by atoms with E-state index in [-0.39, 0.29) is 19.5 Å². The van der Waals surface area contributed by atoms with Crippen LogP contribution in [0, 0.1) is 0 Å². The molecule has 0 saturated carbocycles. The Morgan fingerprint density at radius 1 is 1.24 bits per heavy atom. The Labute approximate surface area is 190 Å². The van der Waals surface area contributed by atoms with E-state index in [4.69, 9.17) is 5.73 Å². The molecule has 3 rings (SSSR count). The van der Waals surface area contributed by atoms with Gasteiger partial charge >= 0.3 is 5.97 Å². The minimum Gasteiger partial charge on any atom is -0.480 e. The second-order valence-electron chi connectivity index (χ2n) is 8.14. The van der Waals surface area contributed by atoms with Crippen molar-refractivity contribution in [3.63, 3.8) is 0 Å². The first-order valence-electron chi connectivity index (χ1n) is 10.8. The Morgan fingerprint density at radius 3 is 2.64 bits per heavy atom. The van der Waals surface area contributed by atoms with Crippen LogP contribution in [0.25, 0.3) is 10.9 Å². The topological polar surface area (TPSA) is 178 Å². The summed E-state index contributed by atoms with van der Waals surface area (Å²) in [6.45, 7) is 1.23. The number of hydrogen-bond donors (Lipinski definition) is 6. The summed E-state index contributed by atoms with van der Waals surface area (Å²) in [6, 6.07) is 4.04. The second kappa shape index (κ2) is 10.5. The molecule has 0 spiro atoms. The maximum absolute atomic E-state index is 13.1. The molecule has 1 saturated heterocycles. The lowest BCUT2D eigenvalue weighted by atomic mass is 10.0. The fraction of sp³-hybridized carbons (Fsp3) is 0.455. The SMILES string of the molecule is CC(O)C(NC(=O)C(Cc1c[nH]c2ccccc12)NC(=O)CN)C(=O)N1CCCC1C(=O)O. The number of carbonyl (C=O) groups is 4. The van der Waals surface area contributed by atoms with E-state index in [9.17, 15) is 29.4 Å². The van der Waals surface area contributed by atoms with Crippen molar-refractivity contribution in [3.05, 3.63) is 36.0 Å². The van der Waals surface area contributed by atoms with Gasteiger partial charge in [-0.2, -0.15) is 0 Å². The highest BCUT2D eigenvalue weighted by atomic mass is 16.4. The zero-order valence-corrected chi connectivity index (χ0v) is 18.3. The number of aromatic amines is 1. The van der Waals surface area contributed by atoms with Crippen LogP contribution in [-0.2, 0) is 25.6 Å². The maximum atomic E-state index is 13.1. The van der Waals surface area contributed by atoms with Gasteiger partial charge < -0.3 is 36.5 Å². The van der Waals surface area contributed by atoms with Gasteiger partial charge in [0, 0.05) is 30.1 Å². The van der Waals surface area contributed by atoms with Gasteiger partial charge in [-0.1, -0.05) is 18.2 Å². The van der Waals surface area contributed by atoms with Crippen molar-refractivity contribution < 1.29 is 29.4 Å². The van der Waals surface area contributed by atoms with Gasteiger partial charge in [0.05, 0.1) is 12.6 Å². The van der Waals surface area contributed by atoms with E-state index in [1.54, 1.807) is 6.20 Å². The third-order valence-corrected chi connectivity index (χ3v) is 5.80. The molecule has 3 amide bonds. The van der Waals surface area contributed by atoms with Crippen LogP contribution in [0.2, 0.25) is 0 Å². The van der Waals surface area contributed by atoms with E-state index in [0.29, 0.717) is 12.8 Å². The summed E-state index contributed by atoms with van der Waals surface area (Å²) in [5.74, 6) is -3.06. The number of benzene rings is 1. The van der Waals surface area contributed by atoms with Crippen LogP contribution in [0.1, 0.15) is 25.3 Å². The number of H-pyrrole nitrogens is 1. The summed E-state index contributed by atoms with van der Waals surface area (Å²) < 4.78 is 0. The van der Waals surface area contributed by atoms with Crippen LogP contribution in [0.3, 0.4) is 0 Å². The number of aliphatic hydroxyl groups excluding tert-OH is 1. The monoisotopic (exact) mass is 459 g/mol. The Balaban J connectivity index is 1.81. The molecule has 2 aromatic rings. The van der Waals surface area contributed by atoms with Gasteiger partial charge in [0.25, 0.3) is 0 Å². The molecule has 33 heavy (non-hydrogen) atoms. The lowest BCUT2D eigenvalue weighted by Crippen LogP contribution is -2.59. The van der Waals surface area contributed by atoms with Crippen molar-refractivity contribution in [1.82, 2.24) is 20.5 Å². The number of carboxylic acid groups (broad SMARTS) is 1. The van der Waals surface area contributed by atoms with Crippen LogP contribution in [0.4, 0.5) is 0 Å². The van der Waals surface area contributed by atoms with E-state index in [1.165, 1.54) is 6.92 Å². The number of fused-ring (bicyclic) bond motifs is 1. The molecule has 0 bridgehead atoms. The third kappa shape index (κ3) is 5.49. The van der Waals surface area contributed by atoms with E-state index in [1.807, 2.05) is 24.3 Å². The number of aliphatic hydroxyl groups is 1. The molecular weight excluding hydrogens is 430 g/mol. The van der Waals surface area contributed by atoms with Gasteiger partial charge in [0.2, 0.25) is 17.7 Å². The van der Waals surface area contributed by atoms with E-state index in [0.717, 1.165) is 21.4 Å². The summed E-state index contributed by atoms with van der Waals surface area (Å²) in [4.78, 5) is 53.9. The molecule has 1 aliphatic rings. The van der Waals surface area contributed by atoms with Crippen molar-refractivity contribution >= 4 is 34.6 Å². The number of nitrogens with one attached hydrogen (secondary N) is 3. The summed E-state index contributed by atoms with van der Waals surface area (Å²) in [5, 5.41) is 25.5. The van der Waals surface area contributed by atoms with Gasteiger partial charge in [-0.3, -0.25) is 14.4 Å². The third-order valence-electron chi connectivity index (χ3n) is 5.80. The molecule has 2 heterocycles. The number of hydrogen-bond acceptors (Lipinski definition) is 6. The molecule has 4 atom stereocenters. The predicted molar refractivity (Wildman–Crippen MR) is 119 cm³/mol. The number of rotatable bonds is 9. The fourth-order valence-corrected chi connectivity index (χ4v) is 4.09. The van der Waals surface area contributed by atoms with Crippen molar-refractivity contribution in [3.8, 4) is 0 Å². The first-order chi connectivity index (χ1) is 15.7. The number of amides is 3. The predicted octanol–water partition coefficient (Wildman–Crippen LogP) is -0.905. The maximum Gasteiger partial charge on any atom is 0.326 e. The van der Waals surface area contributed by atoms with Crippen molar-refractivity contribution in [2.75, 3.05) is 13.1 Å². The smallest absolute Gasteiger partial charge is 0.326 e. The average Bonchev–Trinajstić information content (AvgIpc) is 3.44. The Bertz CT molecular complexity index is 1040. The first kappa shape index (κ1) is 24.2. The molecule has 11 heteroatoms. The number of aliphatic carboxylic acids is 1. The zero-order chi connectivity index (χ0) is 24.1. The highest BCUT2D eigenvalue weighted by molar-refractivity contribution is 5.94. The number of nitrogens with zero attached hydrogens (tertiary/aromatic N) is 1. The van der Waals surface area contributed by atoms with Crippen LogP contribution >= 0.6 is 0 Å². The lowest BCUT2D eigenvalue weighted by Gasteiger charge is -2.30. The highest BCUT2D eigenvalue weighted by Gasteiger charge is 2.40. The van der Waals surface area contributed by atoms with Crippen LogP contribution in [0.15, 0.2) is 30.5 Å². The van der Waals surface area contributed by atoms with Crippen LogP contribution < -0.4 is 16.4 Å². The molecule has 0 aliphatic carbocycles. The Hall–Kier alpha value is -3.44. The summed E-state index contributed by atoms with van der Waals surface area (Å²) in [5.41, 5.74) is 7.04. The highest BCUT2D eigenvalue weighted by Crippen LogP contribution is 2.21. The summed E-state index contributed by atoms with van der Waals surface area (Å²) in [6.07, 6.45) is 1.38. The minimum absolute atomic E-state index is 0.115. The van der Waals surface area contributed by atoms with Gasteiger partial charge in [-0.15, -0.1) is 0 Å². The number of carbonyl (C=O) groups excluding carboxylic acids is 3. The molecule has 11 nitrogen and oxygen atoms in total. The molecule has 178 valence electrons. The molecule has 0 radical (unpaired) electrons. The average molecular weight is 460 g/mol. The summed E-state index contributed by atoms with van der Waals surface area (Å²) >= 11 is 0. The number of likely N-dealkylation sites (tertiary alicyclic amines) is 1. The molecule has 1 aromatic heterocycles. The number of carboxylic acids is 1. The van der Waals surface area contributed by atoms with Gasteiger partial charge in [-0.25, -0.2) is 4.79 Å². The second-order valence-corrected chi connectivity index (χ2v) is 8.14. The number of para-hydroxylation sites is 1. The Morgan fingerprint density at radius 2 is 1.97 bits per heavy atom. The molecule has 1 aromatic carbocycles.